The van der Waals surface area contributed by atoms with Crippen LogP contribution in [-0.4, -0.2) is 42.4 Å². The average Bonchev–Trinajstić information content (AvgIpc) is 1.56. The minimum absolute atomic E-state index is 0.126. The summed E-state index contributed by atoms with van der Waals surface area (Å²) in [4.78, 5) is 17.6. The molecule has 9 nitrogen and oxygen atoms in total. The zero-order valence-electron chi connectivity index (χ0n) is 77.4. The summed E-state index contributed by atoms with van der Waals surface area (Å²) >= 11 is 0. The lowest BCUT2D eigenvalue weighted by atomic mass is 9.82. The molecule has 27 aromatic rings. The number of fused-ring (bicyclic) bond motifs is 28. The monoisotopic (exact) mass is 1770 g/mol. The molecule has 7 heterocycles. The van der Waals surface area contributed by atoms with E-state index in [9.17, 15) is 0 Å². The van der Waals surface area contributed by atoms with Gasteiger partial charge >= 0.3 is 0 Å². The Labute approximate surface area is 800 Å². The van der Waals surface area contributed by atoms with Gasteiger partial charge in [-0.05, 0) is 263 Å². The zero-order valence-corrected chi connectivity index (χ0v) is 77.4. The lowest BCUT2D eigenvalue weighted by Gasteiger charge is -2.22. The maximum atomic E-state index is 5.85. The molecule has 139 heavy (non-hydrogen) atoms. The summed E-state index contributed by atoms with van der Waals surface area (Å²) in [6.07, 6.45) is 0. The number of nitrogens with zero attached hydrogens (tertiary/aromatic N) is 9. The molecule has 30 rings (SSSR count). The quantitative estimate of drug-likeness (QED) is 0.137. The van der Waals surface area contributed by atoms with E-state index >= 15 is 0 Å². The molecule has 0 saturated carbocycles. The van der Waals surface area contributed by atoms with E-state index in [0.717, 1.165) is 121 Å². The number of benzene rings is 20. The van der Waals surface area contributed by atoms with E-state index in [1.807, 2.05) is 0 Å². The van der Waals surface area contributed by atoms with Gasteiger partial charge in [0.2, 0.25) is 11.9 Å². The summed E-state index contributed by atoms with van der Waals surface area (Å²) in [7, 11) is 0. The van der Waals surface area contributed by atoms with Crippen molar-refractivity contribution in [1.82, 2.24) is 42.4 Å². The molecule has 9 heteroatoms. The van der Waals surface area contributed by atoms with Crippen LogP contribution in [0.3, 0.4) is 0 Å². The molecule has 3 aliphatic rings. The summed E-state index contributed by atoms with van der Waals surface area (Å²) in [6, 6.07) is 157. The summed E-state index contributed by atoms with van der Waals surface area (Å²) in [6.45, 7) is 14.2. The van der Waals surface area contributed by atoms with E-state index in [1.54, 1.807) is 0 Å². The highest BCUT2D eigenvalue weighted by Crippen LogP contribution is 2.55. The fraction of sp³-hybridized carbons (Fsp3) is 0.0692. The summed E-state index contributed by atoms with van der Waals surface area (Å²) in [5, 5.41) is 16.1. The first-order valence-electron chi connectivity index (χ1n) is 48.4. The lowest BCUT2D eigenvalue weighted by molar-refractivity contribution is 0.660. The van der Waals surface area contributed by atoms with Crippen LogP contribution in [0.15, 0.2) is 419 Å². The molecule has 0 fully saturated rings. The standard InChI is InChI=1S/C130H87N9/c1-128(2)106-38-18-9-28-86(106)89-56-53-82(73-109(89)128)134-112-41-21-12-32-93(112)100-67-76(47-60-119(100)134)79-50-63-122-103(70-79)96-35-15-24-44-115(96)137(122)118-66-59-99(85-27-7-8-31-92(85)118)125-131-126(138-116-45-25-16-36-97(116)104-71-80(51-64-123(104)138)77-48-61-120-101(68-77)94-33-13-22-42-113(94)135(120)83-54-57-90-87-29-10-19-39-107(87)129(3,4)110(90)74-83)133-127(132-125)139-117-46-26-17-37-98(117)105-72-81(52-65-124(105)139)78-49-62-121-102(69-78)95-34-14-23-43-114(95)136(121)84-55-58-91-88-30-11-20-40-108(88)130(5,6)111(91)75-84/h7-75H,1-6H3. The van der Waals surface area contributed by atoms with E-state index in [2.05, 4.69) is 488 Å². The number of hydrogen-bond acceptors (Lipinski definition) is 3. The molecule has 0 spiro atoms. The van der Waals surface area contributed by atoms with E-state index in [1.165, 1.54) is 149 Å². The molecular weight excluding hydrogens is 1690 g/mol. The third-order valence-corrected chi connectivity index (χ3v) is 31.9. The van der Waals surface area contributed by atoms with Crippen LogP contribution in [0, 0.1) is 0 Å². The molecular formula is C130H87N9. The Balaban J connectivity index is 0.570. The van der Waals surface area contributed by atoms with Gasteiger partial charge in [-0.15, -0.1) is 0 Å². The van der Waals surface area contributed by atoms with Gasteiger partial charge in [-0.25, -0.2) is 0 Å². The molecule has 0 N–H and O–H groups in total. The van der Waals surface area contributed by atoms with Crippen molar-refractivity contribution in [3.05, 3.63) is 452 Å². The van der Waals surface area contributed by atoms with E-state index in [0.29, 0.717) is 17.7 Å². The van der Waals surface area contributed by atoms with Gasteiger partial charge in [0.05, 0.1) is 71.9 Å². The van der Waals surface area contributed by atoms with Crippen LogP contribution in [0.5, 0.6) is 0 Å². The fourth-order valence-electron chi connectivity index (χ4n) is 25.3. The number of rotatable bonds is 10. The minimum atomic E-state index is -0.140. The largest absolute Gasteiger partial charge is 0.309 e. The predicted octanol–water partition coefficient (Wildman–Crippen LogP) is 33.2. The summed E-state index contributed by atoms with van der Waals surface area (Å²) in [5.41, 5.74) is 41.1. The van der Waals surface area contributed by atoms with Crippen LogP contribution in [0.4, 0.5) is 0 Å². The highest BCUT2D eigenvalue weighted by molar-refractivity contribution is 6.18. The first kappa shape index (κ1) is 77.9. The van der Waals surface area contributed by atoms with Crippen molar-refractivity contribution in [1.29, 1.82) is 0 Å². The Morgan fingerprint density at radius 3 is 0.705 bits per heavy atom. The van der Waals surface area contributed by atoms with Gasteiger partial charge in [0.15, 0.2) is 5.82 Å². The van der Waals surface area contributed by atoms with Crippen LogP contribution in [-0.2, 0) is 16.2 Å². The van der Waals surface area contributed by atoms with E-state index in [4.69, 9.17) is 15.0 Å². The van der Waals surface area contributed by atoms with Crippen LogP contribution in [0.2, 0.25) is 0 Å². The second-order valence-electron chi connectivity index (χ2n) is 40.1. The van der Waals surface area contributed by atoms with Crippen molar-refractivity contribution in [2.75, 3.05) is 0 Å². The average molecular weight is 1780 g/mol. The van der Waals surface area contributed by atoms with Crippen LogP contribution >= 0.6 is 0 Å². The van der Waals surface area contributed by atoms with Gasteiger partial charge in [-0.3, -0.25) is 9.13 Å². The molecule has 0 aliphatic heterocycles. The molecule has 3 aliphatic carbocycles. The lowest BCUT2D eigenvalue weighted by Crippen LogP contribution is -2.15. The first-order chi connectivity index (χ1) is 68.2. The molecule has 0 amide bonds. The predicted molar refractivity (Wildman–Crippen MR) is 578 cm³/mol. The minimum Gasteiger partial charge on any atom is -0.309 e. The molecule has 0 bridgehead atoms. The molecule has 652 valence electrons. The van der Waals surface area contributed by atoms with Crippen LogP contribution < -0.4 is 0 Å². The second-order valence-corrected chi connectivity index (χ2v) is 40.1. The molecule has 7 aromatic heterocycles. The highest BCUT2D eigenvalue weighted by Gasteiger charge is 2.40. The fourth-order valence-corrected chi connectivity index (χ4v) is 25.3. The maximum absolute atomic E-state index is 5.85. The summed E-state index contributed by atoms with van der Waals surface area (Å²) < 4.78 is 14.4. The van der Waals surface area contributed by atoms with Crippen molar-refractivity contribution in [3.63, 3.8) is 0 Å². The Morgan fingerprint density at radius 1 is 0.158 bits per heavy atom. The molecule has 20 aromatic carbocycles. The van der Waals surface area contributed by atoms with E-state index in [-0.39, 0.29) is 16.2 Å². The van der Waals surface area contributed by atoms with Gasteiger partial charge in [-0.1, -0.05) is 302 Å². The van der Waals surface area contributed by atoms with Crippen molar-refractivity contribution < 1.29 is 0 Å². The molecule has 0 unspecified atom stereocenters. The Hall–Kier alpha value is -17.5. The van der Waals surface area contributed by atoms with Crippen molar-refractivity contribution in [2.24, 2.45) is 0 Å². The topological polar surface area (TPSA) is 68.2 Å². The van der Waals surface area contributed by atoms with Crippen molar-refractivity contribution in [3.8, 4) is 113 Å². The number of hydrogen-bond donors (Lipinski definition) is 0. The Kier molecular flexibility index (Phi) is 15.9. The normalized spacial score (nSPS) is 13.9. The molecule has 0 radical (unpaired) electrons. The third kappa shape index (κ3) is 10.9. The van der Waals surface area contributed by atoms with Gasteiger partial charge in [-0.2, -0.15) is 15.0 Å². The number of aromatic nitrogens is 9. The van der Waals surface area contributed by atoms with Crippen LogP contribution in [0.25, 0.3) is 254 Å². The second kappa shape index (κ2) is 28.3. The summed E-state index contributed by atoms with van der Waals surface area (Å²) in [5.74, 6) is 1.55. The zero-order chi connectivity index (χ0) is 91.9. The molecule has 0 saturated heterocycles. The first-order valence-corrected chi connectivity index (χ1v) is 48.4. The molecule has 0 atom stereocenters. The SMILES string of the molecule is CC1(C)c2ccccc2-c2ccc(-n3c4ccccc4c4cc(-c5ccc6c(c5)c5ccccc5n6-c5nc(-c6ccc(-n7c8ccccc8c8cc(-c9ccc%10c(c9)c9ccccc9n%10-c9ccc%10c(c9)C(C)(C)c9ccccc9-%10)ccc87)c7ccccc67)nc(-n6c7ccccc7c7cc(-c8ccc9c(c8)c8ccccc8n9-c8ccc9c(c8)C(C)(C)c8ccccc8-9)ccc76)n5)ccc43)cc21. The Morgan fingerprint density at radius 2 is 0.388 bits per heavy atom. The van der Waals surface area contributed by atoms with Crippen molar-refractivity contribution >= 4 is 142 Å². The van der Waals surface area contributed by atoms with Crippen LogP contribution in [0.1, 0.15) is 74.9 Å². The van der Waals surface area contributed by atoms with Gasteiger partial charge in [0.25, 0.3) is 0 Å². The van der Waals surface area contributed by atoms with Gasteiger partial charge in [0, 0.05) is 109 Å². The maximum Gasteiger partial charge on any atom is 0.240 e. The van der Waals surface area contributed by atoms with Crippen molar-refractivity contribution in [2.45, 2.75) is 57.8 Å². The van der Waals surface area contributed by atoms with Gasteiger partial charge < -0.3 is 18.3 Å². The highest BCUT2D eigenvalue weighted by atomic mass is 15.3. The number of para-hydroxylation sites is 6. The van der Waals surface area contributed by atoms with E-state index < -0.39 is 0 Å². The van der Waals surface area contributed by atoms with Gasteiger partial charge in [0.1, 0.15) is 0 Å². The smallest absolute Gasteiger partial charge is 0.240 e. The Bertz CT molecular complexity index is 9800. The third-order valence-electron chi connectivity index (χ3n) is 31.9.